The van der Waals surface area contributed by atoms with Gasteiger partial charge >= 0.3 is 0 Å². The summed E-state index contributed by atoms with van der Waals surface area (Å²) in [6, 6.07) is 42.1. The quantitative estimate of drug-likeness (QED) is 0.111. The van der Waals surface area contributed by atoms with E-state index in [2.05, 4.69) is 113 Å². The Kier molecular flexibility index (Phi) is 16.6. The van der Waals surface area contributed by atoms with Gasteiger partial charge in [0, 0.05) is 130 Å². The molecule has 538 valence electrons. The molecule has 3 aliphatic carbocycles. The number of carbonyl (C=O) groups excluding carboxylic acids is 4. The van der Waals surface area contributed by atoms with E-state index in [4.69, 9.17) is 4.74 Å². The van der Waals surface area contributed by atoms with Crippen LogP contribution in [0.15, 0.2) is 208 Å². The van der Waals surface area contributed by atoms with Crippen molar-refractivity contribution < 1.29 is 23.9 Å². The molecule has 0 N–H and O–H groups in total. The lowest BCUT2D eigenvalue weighted by Gasteiger charge is -2.35. The molecular weight excluding hydrogens is 1340 g/mol. The maximum atomic E-state index is 13.0. The highest BCUT2D eigenvalue weighted by Crippen LogP contribution is 2.52. The van der Waals surface area contributed by atoms with Crippen LogP contribution >= 0.6 is 0 Å². The van der Waals surface area contributed by atoms with Crippen molar-refractivity contribution in [2.24, 2.45) is 0 Å². The zero-order chi connectivity index (χ0) is 74.0. The highest BCUT2D eigenvalue weighted by atomic mass is 16.5. The van der Waals surface area contributed by atoms with Crippen LogP contribution in [0.25, 0.3) is 67.5 Å². The summed E-state index contributed by atoms with van der Waals surface area (Å²) in [6.45, 7) is 21.3. The molecule has 107 heavy (non-hydrogen) atoms. The fourth-order valence-electron chi connectivity index (χ4n) is 15.4. The summed E-state index contributed by atoms with van der Waals surface area (Å²) >= 11 is 0. The molecule has 12 aromatic rings. The number of nitrogens with zero attached hydrogens (tertiary/aromatic N) is 16. The van der Waals surface area contributed by atoms with Crippen LogP contribution < -0.4 is 19.6 Å². The summed E-state index contributed by atoms with van der Waals surface area (Å²) in [5, 5.41) is 9.08. The first kappa shape index (κ1) is 68.3. The molecule has 13 heterocycles. The number of amides is 4. The number of benzene rings is 4. The number of hydrogen-bond donors (Lipinski definition) is 0. The summed E-state index contributed by atoms with van der Waals surface area (Å²) in [5.41, 5.74) is 20.6. The number of aryl methyl sites for hydroxylation is 2. The maximum absolute atomic E-state index is 13.0. The van der Waals surface area contributed by atoms with Crippen LogP contribution in [0, 0.1) is 13.8 Å². The third kappa shape index (κ3) is 12.3. The molecule has 21 nitrogen and oxygen atoms in total. The second-order valence-electron chi connectivity index (χ2n) is 31.4. The van der Waals surface area contributed by atoms with Crippen LogP contribution in [0.3, 0.4) is 0 Å². The SMILES string of the molecule is CC1(C)C(=O)N(C2CC2)c2cc(-c3cn(-c4cccnc4)cn3)ccc21.CC1(C)C(=O)N(C2CC2)c2cc(-c3cn(-c4ccncc4)cn3)ccc21.Cc1cc(-c2cnn(-c3ccc4c(c3)N(C3COC3)C(=O)C4(C)C)c2)ccn1.Cc1ccc(-c2cnn(-c3ccc4c(c3)N(C3CC3)C(=O)C4(C)C)c2)cn1. The molecule has 20 rings (SSSR count). The number of pyridine rings is 4. The number of ether oxygens (including phenoxy) is 1. The van der Waals surface area contributed by atoms with E-state index in [1.54, 1.807) is 24.9 Å². The largest absolute Gasteiger partial charge is 0.377 e. The predicted molar refractivity (Wildman–Crippen MR) is 412 cm³/mol. The normalized spacial score (nSPS) is 18.2. The Hall–Kier alpha value is -11.8. The number of anilines is 4. The van der Waals surface area contributed by atoms with E-state index in [-0.39, 0.29) is 29.7 Å². The number of fused-ring (bicyclic) bond motifs is 4. The van der Waals surface area contributed by atoms with Crippen molar-refractivity contribution in [1.29, 1.82) is 0 Å². The van der Waals surface area contributed by atoms with Crippen LogP contribution in [-0.2, 0) is 45.6 Å². The van der Waals surface area contributed by atoms with Gasteiger partial charge in [0.05, 0.1) is 112 Å². The van der Waals surface area contributed by atoms with E-state index in [0.717, 1.165) is 162 Å². The number of aromatic nitrogens is 12. The van der Waals surface area contributed by atoms with Gasteiger partial charge < -0.3 is 33.5 Å². The van der Waals surface area contributed by atoms with Gasteiger partial charge in [-0.3, -0.25) is 39.1 Å². The summed E-state index contributed by atoms with van der Waals surface area (Å²) in [6.07, 6.45) is 32.7. The smallest absolute Gasteiger partial charge is 0.237 e. The second-order valence-corrected chi connectivity index (χ2v) is 31.4. The lowest BCUT2D eigenvalue weighted by atomic mass is 9.85. The van der Waals surface area contributed by atoms with Crippen molar-refractivity contribution in [3.8, 4) is 67.5 Å². The van der Waals surface area contributed by atoms with Gasteiger partial charge in [-0.15, -0.1) is 0 Å². The number of carbonyl (C=O) groups is 4. The van der Waals surface area contributed by atoms with E-state index >= 15 is 0 Å². The van der Waals surface area contributed by atoms with Crippen LogP contribution in [0.4, 0.5) is 22.7 Å². The molecule has 0 atom stereocenters. The molecule has 0 spiro atoms. The molecule has 5 aliphatic heterocycles. The van der Waals surface area contributed by atoms with Gasteiger partial charge in [-0.2, -0.15) is 10.2 Å². The highest BCUT2D eigenvalue weighted by Gasteiger charge is 2.53. The van der Waals surface area contributed by atoms with E-state index in [9.17, 15) is 19.2 Å². The van der Waals surface area contributed by atoms with Crippen LogP contribution in [-0.4, -0.2) is 120 Å². The lowest BCUT2D eigenvalue weighted by molar-refractivity contribution is -0.125. The molecule has 8 aliphatic rings. The van der Waals surface area contributed by atoms with Crippen molar-refractivity contribution in [3.05, 3.63) is 242 Å². The molecule has 4 aromatic carbocycles. The highest BCUT2D eigenvalue weighted by molar-refractivity contribution is 6.11. The standard InChI is InChI=1S/C22H22N4O2.C22H22N4O.2C21H20N4O/c1-14-8-15(6-7-23-14)16-10-24-25(11-16)17-4-5-19-20(9-17)26(18-12-28-13-18)21(27)22(19,2)3;1-14-4-5-15(11-23-14)16-12-24-25(13-16)18-8-9-19-20(10-18)26(17-6-7-17)21(27)22(19,2)3;1-21(2)17-6-3-14(11-19(17)25(20(21)26)16-4-5-16)18-12-24(13-23-18)15-7-9-22-10-8-15;1-21(2)17-8-5-14(10-19(17)25(20(21)26)15-6-7-15)18-12-24(13-23-18)16-4-3-9-22-11-16/h4-11,18H,12-13H2,1-3H3;4-5,8-13,17H,6-7H2,1-3H3;3,6-13,16H,4-5H2,1-2H3;3-5,8-13,15H,6-7H2,1-2H3. The molecular formula is C86H84N16O5. The van der Waals surface area contributed by atoms with Gasteiger partial charge in [0.25, 0.3) is 0 Å². The minimum Gasteiger partial charge on any atom is -0.377 e. The Morgan fingerprint density at radius 2 is 0.804 bits per heavy atom. The van der Waals surface area contributed by atoms with E-state index in [0.29, 0.717) is 31.3 Å². The molecule has 0 bridgehead atoms. The summed E-state index contributed by atoms with van der Waals surface area (Å²) in [4.78, 5) is 85.7. The Bertz CT molecular complexity index is 5310. The Labute approximate surface area is 621 Å². The molecule has 3 saturated carbocycles. The van der Waals surface area contributed by atoms with E-state index < -0.39 is 21.7 Å². The van der Waals surface area contributed by atoms with E-state index in [1.807, 2.05) is 218 Å². The third-order valence-electron chi connectivity index (χ3n) is 22.3. The van der Waals surface area contributed by atoms with Crippen LogP contribution in [0.1, 0.15) is 128 Å². The predicted octanol–water partition coefficient (Wildman–Crippen LogP) is 14.7. The molecule has 8 aromatic heterocycles. The lowest BCUT2D eigenvalue weighted by Crippen LogP contribution is -2.52. The van der Waals surface area contributed by atoms with E-state index in [1.165, 1.54) is 0 Å². The molecule has 4 amide bonds. The second kappa shape index (κ2) is 26.0. The van der Waals surface area contributed by atoms with Crippen molar-refractivity contribution in [1.82, 2.24) is 58.6 Å². The minimum absolute atomic E-state index is 0.122. The summed E-state index contributed by atoms with van der Waals surface area (Å²) in [7, 11) is 0. The monoisotopic (exact) mass is 1420 g/mol. The Morgan fingerprint density at radius 1 is 0.355 bits per heavy atom. The maximum Gasteiger partial charge on any atom is 0.237 e. The zero-order valence-electron chi connectivity index (χ0n) is 61.8. The molecule has 4 fully saturated rings. The average Bonchev–Trinajstić information content (AvgIpc) is 1.60. The Morgan fingerprint density at radius 3 is 1.23 bits per heavy atom. The average molecular weight is 1420 g/mol. The van der Waals surface area contributed by atoms with Gasteiger partial charge in [-0.1, -0.05) is 42.5 Å². The minimum atomic E-state index is -0.521. The van der Waals surface area contributed by atoms with Gasteiger partial charge in [0.1, 0.15) is 0 Å². The summed E-state index contributed by atoms with van der Waals surface area (Å²) in [5.74, 6) is 0.785. The van der Waals surface area contributed by atoms with Crippen molar-refractivity contribution >= 4 is 46.4 Å². The fourth-order valence-corrected chi connectivity index (χ4v) is 15.4. The van der Waals surface area contributed by atoms with Crippen molar-refractivity contribution in [2.75, 3.05) is 32.8 Å². The van der Waals surface area contributed by atoms with Crippen molar-refractivity contribution in [3.63, 3.8) is 0 Å². The molecule has 1 saturated heterocycles. The summed E-state index contributed by atoms with van der Waals surface area (Å²) < 4.78 is 13.0. The first-order chi connectivity index (χ1) is 51.5. The van der Waals surface area contributed by atoms with Gasteiger partial charge in [-0.05, 0) is 214 Å². The first-order valence-corrected chi connectivity index (χ1v) is 36.9. The fraction of sp³-hybridized carbons (Fsp3) is 0.302. The first-order valence-electron chi connectivity index (χ1n) is 36.9. The van der Waals surface area contributed by atoms with Crippen LogP contribution in [0.5, 0.6) is 0 Å². The third-order valence-corrected chi connectivity index (χ3v) is 22.3. The van der Waals surface area contributed by atoms with Gasteiger partial charge in [0.2, 0.25) is 23.6 Å². The topological polar surface area (TPSA) is 213 Å². The van der Waals surface area contributed by atoms with Gasteiger partial charge in [-0.25, -0.2) is 19.3 Å². The molecule has 0 radical (unpaired) electrons. The number of imidazole rings is 2. The Balaban J connectivity index is 0.000000105. The van der Waals surface area contributed by atoms with Gasteiger partial charge in [0.15, 0.2) is 0 Å². The van der Waals surface area contributed by atoms with Crippen LogP contribution in [0.2, 0.25) is 0 Å². The molecule has 0 unspecified atom stereocenters. The molecule has 21 heteroatoms. The number of rotatable bonds is 12. The number of hydrogen-bond acceptors (Lipinski definition) is 13. The van der Waals surface area contributed by atoms with Crippen molar-refractivity contribution in [2.45, 2.75) is 154 Å². The zero-order valence-corrected chi connectivity index (χ0v) is 61.8.